The number of carbonyl (C=O) groups excluding carboxylic acids is 1. The van der Waals surface area contributed by atoms with Crippen LogP contribution < -0.4 is 5.43 Å². The molecule has 0 saturated carbocycles. The molecule has 1 aliphatic rings. The summed E-state index contributed by atoms with van der Waals surface area (Å²) < 4.78 is 5.15. The van der Waals surface area contributed by atoms with Crippen molar-refractivity contribution in [3.63, 3.8) is 0 Å². The first-order chi connectivity index (χ1) is 8.26. The summed E-state index contributed by atoms with van der Waals surface area (Å²) in [4.78, 5) is 22.1. The Balaban J connectivity index is 2.27. The van der Waals surface area contributed by atoms with Crippen LogP contribution in [0.3, 0.4) is 0 Å². The van der Waals surface area contributed by atoms with Crippen molar-refractivity contribution in [2.45, 2.75) is 45.6 Å². The molecule has 1 rings (SSSR count). The van der Waals surface area contributed by atoms with Crippen molar-refractivity contribution < 1.29 is 19.4 Å². The lowest BCUT2D eigenvalue weighted by molar-refractivity contribution is -0.138. The number of carboxylic acids is 1. The van der Waals surface area contributed by atoms with E-state index in [-0.39, 0.29) is 12.3 Å². The Labute approximate surface area is 107 Å². The molecule has 1 amide bonds. The van der Waals surface area contributed by atoms with Crippen molar-refractivity contribution in [3.05, 3.63) is 0 Å². The number of rotatable bonds is 3. The van der Waals surface area contributed by atoms with Crippen LogP contribution in [0.5, 0.6) is 0 Å². The van der Waals surface area contributed by atoms with Crippen LogP contribution in [0.25, 0.3) is 0 Å². The van der Waals surface area contributed by atoms with Gasteiger partial charge in [-0.05, 0) is 39.5 Å². The van der Waals surface area contributed by atoms with Crippen molar-refractivity contribution in [1.82, 2.24) is 10.4 Å². The zero-order valence-corrected chi connectivity index (χ0v) is 11.2. The first kappa shape index (κ1) is 14.8. The average Bonchev–Trinajstić information content (AvgIpc) is 2.17. The molecule has 0 aromatic heterocycles. The normalized spacial score (nSPS) is 18.4. The summed E-state index contributed by atoms with van der Waals surface area (Å²) in [5.74, 6) is -0.548. The number of hydrogen-bond donors (Lipinski definition) is 2. The lowest BCUT2D eigenvalue weighted by Crippen LogP contribution is -2.48. The maximum absolute atomic E-state index is 11.5. The van der Waals surface area contributed by atoms with E-state index >= 15 is 0 Å². The summed E-state index contributed by atoms with van der Waals surface area (Å²) in [7, 11) is 0. The first-order valence-corrected chi connectivity index (χ1v) is 6.22. The van der Waals surface area contributed by atoms with Gasteiger partial charge in [-0.1, -0.05) is 0 Å². The molecule has 0 unspecified atom stereocenters. The van der Waals surface area contributed by atoms with Crippen molar-refractivity contribution >= 4 is 12.1 Å². The number of aliphatic carboxylic acids is 1. The van der Waals surface area contributed by atoms with E-state index in [1.165, 1.54) is 0 Å². The van der Waals surface area contributed by atoms with E-state index < -0.39 is 17.7 Å². The van der Waals surface area contributed by atoms with Crippen LogP contribution in [-0.2, 0) is 9.53 Å². The minimum Gasteiger partial charge on any atom is -0.481 e. The Morgan fingerprint density at radius 1 is 1.33 bits per heavy atom. The van der Waals surface area contributed by atoms with E-state index in [4.69, 9.17) is 9.84 Å². The predicted molar refractivity (Wildman–Crippen MR) is 65.9 cm³/mol. The molecule has 1 saturated heterocycles. The molecule has 0 aliphatic carbocycles. The van der Waals surface area contributed by atoms with Gasteiger partial charge in [-0.25, -0.2) is 9.80 Å². The van der Waals surface area contributed by atoms with Crippen LogP contribution in [0.15, 0.2) is 0 Å². The molecule has 0 aromatic rings. The average molecular weight is 258 g/mol. The fraction of sp³-hybridized carbons (Fsp3) is 0.833. The van der Waals surface area contributed by atoms with Gasteiger partial charge < -0.3 is 9.84 Å². The summed E-state index contributed by atoms with van der Waals surface area (Å²) >= 11 is 0. The second-order valence-corrected chi connectivity index (χ2v) is 5.64. The maximum atomic E-state index is 11.5. The third kappa shape index (κ3) is 5.86. The first-order valence-electron chi connectivity index (χ1n) is 6.22. The van der Waals surface area contributed by atoms with Crippen molar-refractivity contribution in [2.75, 3.05) is 13.1 Å². The number of nitrogens with zero attached hydrogens (tertiary/aromatic N) is 1. The molecule has 6 nitrogen and oxygen atoms in total. The van der Waals surface area contributed by atoms with Gasteiger partial charge >= 0.3 is 12.1 Å². The summed E-state index contributed by atoms with van der Waals surface area (Å²) in [6.45, 7) is 6.76. The maximum Gasteiger partial charge on any atom is 0.422 e. The lowest BCUT2D eigenvalue weighted by atomic mass is 9.94. The molecule has 0 spiro atoms. The molecule has 1 fully saturated rings. The monoisotopic (exact) mass is 258 g/mol. The number of carboxylic acid groups (broad SMARTS) is 1. The van der Waals surface area contributed by atoms with Crippen LogP contribution in [-0.4, -0.2) is 40.9 Å². The number of ether oxygens (including phenoxy) is 1. The molecule has 1 aliphatic heterocycles. The van der Waals surface area contributed by atoms with Gasteiger partial charge in [-0.3, -0.25) is 10.2 Å². The van der Waals surface area contributed by atoms with Gasteiger partial charge in [-0.2, -0.15) is 0 Å². The smallest absolute Gasteiger partial charge is 0.422 e. The second-order valence-electron chi connectivity index (χ2n) is 5.64. The molecular weight excluding hydrogens is 236 g/mol. The quantitative estimate of drug-likeness (QED) is 0.804. The fourth-order valence-corrected chi connectivity index (χ4v) is 1.93. The summed E-state index contributed by atoms with van der Waals surface area (Å²) in [6.07, 6.45) is 1.31. The van der Waals surface area contributed by atoms with E-state index in [9.17, 15) is 9.59 Å². The van der Waals surface area contributed by atoms with Crippen molar-refractivity contribution in [1.29, 1.82) is 0 Å². The number of hydrogen-bond acceptors (Lipinski definition) is 4. The van der Waals surface area contributed by atoms with E-state index in [2.05, 4.69) is 5.43 Å². The molecule has 2 N–H and O–H groups in total. The molecule has 0 atom stereocenters. The van der Waals surface area contributed by atoms with Gasteiger partial charge in [0.1, 0.15) is 5.60 Å². The minimum absolute atomic E-state index is 0.208. The van der Waals surface area contributed by atoms with Gasteiger partial charge in [0.15, 0.2) is 0 Å². The van der Waals surface area contributed by atoms with E-state index in [1.807, 2.05) is 20.8 Å². The highest BCUT2D eigenvalue weighted by Crippen LogP contribution is 2.19. The van der Waals surface area contributed by atoms with Crippen LogP contribution in [0, 0.1) is 5.92 Å². The van der Waals surface area contributed by atoms with Gasteiger partial charge in [0.2, 0.25) is 0 Å². The number of carbonyl (C=O) groups is 2. The summed E-state index contributed by atoms with van der Waals surface area (Å²) in [5, 5.41) is 10.5. The number of amides is 1. The van der Waals surface area contributed by atoms with E-state index in [0.717, 1.165) is 12.8 Å². The van der Waals surface area contributed by atoms with Crippen LogP contribution >= 0.6 is 0 Å². The number of piperidine rings is 1. The zero-order valence-electron chi connectivity index (χ0n) is 11.2. The highest BCUT2D eigenvalue weighted by atomic mass is 16.6. The van der Waals surface area contributed by atoms with Gasteiger partial charge in [0.25, 0.3) is 0 Å². The SMILES string of the molecule is CC(C)(C)OC(=O)NN1CCC(CC(=O)O)CC1. The molecule has 0 aromatic carbocycles. The minimum atomic E-state index is -0.756. The van der Waals surface area contributed by atoms with Gasteiger partial charge in [-0.15, -0.1) is 0 Å². The largest absolute Gasteiger partial charge is 0.481 e. The van der Waals surface area contributed by atoms with E-state index in [1.54, 1.807) is 5.01 Å². The predicted octanol–water partition coefficient (Wildman–Crippen LogP) is 1.61. The molecule has 0 radical (unpaired) electrons. The molecule has 104 valence electrons. The molecular formula is C12H22N2O4. The van der Waals surface area contributed by atoms with Crippen LogP contribution in [0.2, 0.25) is 0 Å². The second kappa shape index (κ2) is 6.04. The van der Waals surface area contributed by atoms with E-state index in [0.29, 0.717) is 13.1 Å². The lowest BCUT2D eigenvalue weighted by Gasteiger charge is -2.32. The Hall–Kier alpha value is -1.30. The number of hydrazine groups is 1. The zero-order chi connectivity index (χ0) is 13.8. The molecule has 0 bridgehead atoms. The Morgan fingerprint density at radius 3 is 2.33 bits per heavy atom. The van der Waals surface area contributed by atoms with Crippen LogP contribution in [0.1, 0.15) is 40.0 Å². The Morgan fingerprint density at radius 2 is 1.89 bits per heavy atom. The van der Waals surface area contributed by atoms with Gasteiger partial charge in [0, 0.05) is 19.5 Å². The Bertz CT molecular complexity index is 304. The fourth-order valence-electron chi connectivity index (χ4n) is 1.93. The third-order valence-electron chi connectivity index (χ3n) is 2.73. The third-order valence-corrected chi connectivity index (χ3v) is 2.73. The summed E-state index contributed by atoms with van der Waals surface area (Å²) in [5.41, 5.74) is 2.17. The highest BCUT2D eigenvalue weighted by molar-refractivity contribution is 5.67. The van der Waals surface area contributed by atoms with Crippen molar-refractivity contribution in [3.8, 4) is 0 Å². The van der Waals surface area contributed by atoms with Crippen LogP contribution in [0.4, 0.5) is 4.79 Å². The standard InChI is InChI=1S/C12H22N2O4/c1-12(2,3)18-11(17)13-14-6-4-9(5-7-14)8-10(15)16/h9H,4-8H2,1-3H3,(H,13,17)(H,15,16). The topological polar surface area (TPSA) is 78.9 Å². The van der Waals surface area contributed by atoms with Crippen molar-refractivity contribution in [2.24, 2.45) is 5.92 Å². The van der Waals surface area contributed by atoms with Gasteiger partial charge in [0.05, 0.1) is 0 Å². The molecule has 1 heterocycles. The molecule has 18 heavy (non-hydrogen) atoms. The summed E-state index contributed by atoms with van der Waals surface area (Å²) in [6, 6.07) is 0. The Kier molecular flexibility index (Phi) is 4.95. The highest BCUT2D eigenvalue weighted by Gasteiger charge is 2.24. The molecule has 6 heteroatoms. The number of nitrogens with one attached hydrogen (secondary N) is 1.